The molecule has 2 N–H and O–H groups in total. The quantitative estimate of drug-likeness (QED) is 0.548. The van der Waals surface area contributed by atoms with Crippen molar-refractivity contribution in [2.45, 2.75) is 64.9 Å². The van der Waals surface area contributed by atoms with Gasteiger partial charge in [-0.2, -0.15) is 0 Å². The van der Waals surface area contributed by atoms with Crippen LogP contribution in [0.25, 0.3) is 5.57 Å². The van der Waals surface area contributed by atoms with E-state index in [1.807, 2.05) is 32.9 Å². The molecule has 1 fully saturated rings. The van der Waals surface area contributed by atoms with Crippen molar-refractivity contribution < 1.29 is 24.2 Å². The van der Waals surface area contributed by atoms with Crippen LogP contribution in [0.4, 0.5) is 4.79 Å². The number of nitrogens with zero attached hydrogens (tertiary/aromatic N) is 1. The van der Waals surface area contributed by atoms with Gasteiger partial charge in [0.15, 0.2) is 0 Å². The molecule has 1 aliphatic heterocycles. The van der Waals surface area contributed by atoms with Crippen LogP contribution < -0.4 is 10.1 Å². The Morgan fingerprint density at radius 2 is 1.82 bits per heavy atom. The highest BCUT2D eigenvalue weighted by Crippen LogP contribution is 2.31. The van der Waals surface area contributed by atoms with Crippen molar-refractivity contribution in [3.8, 4) is 5.75 Å². The number of benzene rings is 1. The smallest absolute Gasteiger partial charge is 0.410 e. The number of allylic oxidation sites excluding steroid dienone is 2. The third-order valence-corrected chi connectivity index (χ3v) is 6.39. The molecule has 2 aliphatic rings. The lowest BCUT2D eigenvalue weighted by Crippen LogP contribution is -2.42. The maximum atomic E-state index is 12.2. The van der Waals surface area contributed by atoms with Crippen LogP contribution in [-0.2, 0) is 9.53 Å². The molecule has 0 saturated carbocycles. The highest BCUT2D eigenvalue weighted by Gasteiger charge is 2.27. The molecule has 2 amide bonds. The van der Waals surface area contributed by atoms with E-state index < -0.39 is 5.60 Å². The summed E-state index contributed by atoms with van der Waals surface area (Å²) in [5.74, 6) is 1.40. The van der Waals surface area contributed by atoms with E-state index in [4.69, 9.17) is 14.6 Å². The molecule has 0 aromatic heterocycles. The summed E-state index contributed by atoms with van der Waals surface area (Å²) in [7, 11) is 0. The van der Waals surface area contributed by atoms with Gasteiger partial charge >= 0.3 is 6.09 Å². The first-order chi connectivity index (χ1) is 16.2. The van der Waals surface area contributed by atoms with Gasteiger partial charge in [-0.25, -0.2) is 4.79 Å². The van der Waals surface area contributed by atoms with Crippen LogP contribution in [0.5, 0.6) is 5.75 Å². The second-order valence-corrected chi connectivity index (χ2v) is 10.3. The molecule has 7 nitrogen and oxygen atoms in total. The summed E-state index contributed by atoms with van der Waals surface area (Å²) in [6, 6.07) is 8.21. The zero-order chi connectivity index (χ0) is 24.6. The highest BCUT2D eigenvalue weighted by molar-refractivity contribution is 5.80. The van der Waals surface area contributed by atoms with Crippen LogP contribution in [0.15, 0.2) is 30.3 Å². The Labute approximate surface area is 203 Å². The van der Waals surface area contributed by atoms with Crippen molar-refractivity contribution in [2.75, 3.05) is 32.8 Å². The Morgan fingerprint density at radius 3 is 2.41 bits per heavy atom. The summed E-state index contributed by atoms with van der Waals surface area (Å²) in [5, 5.41) is 11.7. The number of rotatable bonds is 8. The topological polar surface area (TPSA) is 88.1 Å². The average molecular weight is 473 g/mol. The van der Waals surface area contributed by atoms with E-state index in [0.717, 1.165) is 37.9 Å². The monoisotopic (exact) mass is 472 g/mol. The minimum Gasteiger partial charge on any atom is -0.493 e. The number of carbonyl (C=O) groups excluding carboxylic acids is 2. The van der Waals surface area contributed by atoms with Crippen molar-refractivity contribution in [2.24, 2.45) is 11.8 Å². The molecule has 188 valence electrons. The van der Waals surface area contributed by atoms with Gasteiger partial charge in [-0.15, -0.1) is 0 Å². The van der Waals surface area contributed by atoms with Crippen LogP contribution in [0.3, 0.4) is 0 Å². The van der Waals surface area contributed by atoms with Gasteiger partial charge in [0.2, 0.25) is 5.91 Å². The van der Waals surface area contributed by atoms with Gasteiger partial charge < -0.3 is 24.8 Å². The number of piperidine rings is 1. The Morgan fingerprint density at radius 1 is 1.12 bits per heavy atom. The van der Waals surface area contributed by atoms with Crippen molar-refractivity contribution >= 4 is 17.6 Å². The molecule has 1 unspecified atom stereocenters. The van der Waals surface area contributed by atoms with Crippen molar-refractivity contribution in [1.29, 1.82) is 0 Å². The number of hydrogen-bond donors (Lipinski definition) is 2. The van der Waals surface area contributed by atoms with E-state index in [-0.39, 0.29) is 24.5 Å². The second-order valence-electron chi connectivity index (χ2n) is 10.3. The van der Waals surface area contributed by atoms with E-state index >= 15 is 0 Å². The van der Waals surface area contributed by atoms with Gasteiger partial charge in [0.05, 0.1) is 6.61 Å². The first kappa shape index (κ1) is 26.1. The number of nitrogens with one attached hydrogen (secondary N) is 1. The average Bonchev–Trinajstić information content (AvgIpc) is 2.82. The summed E-state index contributed by atoms with van der Waals surface area (Å²) in [6.45, 7) is 8.36. The third kappa shape index (κ3) is 8.05. The largest absolute Gasteiger partial charge is 0.493 e. The first-order valence-electron chi connectivity index (χ1n) is 12.5. The Kier molecular flexibility index (Phi) is 9.39. The fourth-order valence-corrected chi connectivity index (χ4v) is 4.36. The number of aliphatic hydroxyl groups is 1. The predicted molar refractivity (Wildman–Crippen MR) is 132 cm³/mol. The number of carbonyl (C=O) groups is 2. The van der Waals surface area contributed by atoms with E-state index in [1.165, 1.54) is 11.1 Å². The standard InChI is InChI=1S/C27H40N2O5/c1-27(2,3)34-26(32)29-16-13-20(14-17-29)19-33-24-11-9-22(10-12-24)21-5-7-23(8-6-21)25(31)28-15-4-18-30/h5,9-12,20,23,30H,4,6-8,13-19H2,1-3H3,(H,28,31). The number of hydrogen-bond acceptors (Lipinski definition) is 5. The first-order valence-corrected chi connectivity index (χ1v) is 12.5. The van der Waals surface area contributed by atoms with Gasteiger partial charge in [-0.3, -0.25) is 4.79 Å². The minimum absolute atomic E-state index is 0.0202. The number of amides is 2. The van der Waals surface area contributed by atoms with Crippen LogP contribution in [-0.4, -0.2) is 60.5 Å². The zero-order valence-corrected chi connectivity index (χ0v) is 20.8. The van der Waals surface area contributed by atoms with Crippen molar-refractivity contribution in [3.63, 3.8) is 0 Å². The fraction of sp³-hybridized carbons (Fsp3) is 0.630. The maximum Gasteiger partial charge on any atom is 0.410 e. The number of ether oxygens (including phenoxy) is 2. The molecule has 1 saturated heterocycles. The molecule has 1 aromatic carbocycles. The summed E-state index contributed by atoms with van der Waals surface area (Å²) in [6.07, 6.45) is 6.85. The molecule has 7 heteroatoms. The molecule has 1 atom stereocenters. The summed E-state index contributed by atoms with van der Waals surface area (Å²) < 4.78 is 11.5. The van der Waals surface area contributed by atoms with Gasteiger partial charge in [0, 0.05) is 32.2 Å². The van der Waals surface area contributed by atoms with E-state index in [2.05, 4.69) is 23.5 Å². The van der Waals surface area contributed by atoms with E-state index in [0.29, 0.717) is 38.6 Å². The number of likely N-dealkylation sites (tertiary alicyclic amines) is 1. The molecule has 1 aliphatic carbocycles. The normalized spacial score (nSPS) is 19.4. The van der Waals surface area contributed by atoms with Gasteiger partial charge in [0.25, 0.3) is 0 Å². The molecular formula is C27H40N2O5. The molecule has 0 spiro atoms. The summed E-state index contributed by atoms with van der Waals surface area (Å²) >= 11 is 0. The van der Waals surface area contributed by atoms with Crippen LogP contribution >= 0.6 is 0 Å². The van der Waals surface area contributed by atoms with Crippen molar-refractivity contribution in [1.82, 2.24) is 10.2 Å². The van der Waals surface area contributed by atoms with Crippen molar-refractivity contribution in [3.05, 3.63) is 35.9 Å². The summed E-state index contributed by atoms with van der Waals surface area (Å²) in [5.41, 5.74) is 1.99. The lowest BCUT2D eigenvalue weighted by molar-refractivity contribution is -0.125. The molecular weight excluding hydrogens is 432 g/mol. The SMILES string of the molecule is CC(C)(C)OC(=O)N1CCC(COc2ccc(C3=CCC(C(=O)NCCCO)CC3)cc2)CC1. The molecule has 0 bridgehead atoms. The molecule has 1 aromatic rings. The molecule has 34 heavy (non-hydrogen) atoms. The van der Waals surface area contributed by atoms with E-state index in [9.17, 15) is 9.59 Å². The highest BCUT2D eigenvalue weighted by atomic mass is 16.6. The predicted octanol–water partition coefficient (Wildman–Crippen LogP) is 4.39. The van der Waals surface area contributed by atoms with E-state index in [1.54, 1.807) is 4.90 Å². The van der Waals surface area contributed by atoms with Gasteiger partial charge in [0.1, 0.15) is 11.4 Å². The second kappa shape index (κ2) is 12.2. The van der Waals surface area contributed by atoms with Crippen LogP contribution in [0, 0.1) is 11.8 Å². The third-order valence-electron chi connectivity index (χ3n) is 6.39. The Balaban J connectivity index is 1.40. The molecule has 3 rings (SSSR count). The molecule has 1 heterocycles. The lowest BCUT2D eigenvalue weighted by atomic mass is 9.86. The summed E-state index contributed by atoms with van der Waals surface area (Å²) in [4.78, 5) is 26.2. The van der Waals surface area contributed by atoms with Crippen LogP contribution in [0.1, 0.15) is 64.9 Å². The van der Waals surface area contributed by atoms with Gasteiger partial charge in [-0.1, -0.05) is 18.2 Å². The van der Waals surface area contributed by atoms with Crippen LogP contribution in [0.2, 0.25) is 0 Å². The lowest BCUT2D eigenvalue weighted by Gasteiger charge is -2.33. The fourth-order valence-electron chi connectivity index (χ4n) is 4.36. The maximum absolute atomic E-state index is 12.2. The zero-order valence-electron chi connectivity index (χ0n) is 20.8. The Bertz CT molecular complexity index is 836. The minimum atomic E-state index is -0.464. The molecule has 0 radical (unpaired) electrons. The Hall–Kier alpha value is -2.54. The van der Waals surface area contributed by atoms with Gasteiger partial charge in [-0.05, 0) is 88.5 Å². The number of aliphatic hydroxyl groups excluding tert-OH is 1.